The first-order valence-corrected chi connectivity index (χ1v) is 4.73. The van der Waals surface area contributed by atoms with E-state index < -0.39 is 0 Å². The Labute approximate surface area is 89.3 Å². The third-order valence-electron chi connectivity index (χ3n) is 2.25. The number of hydrogen-bond donors (Lipinski definition) is 1. The molecular formula is C11H16N2O2. The number of aromatic nitrogens is 1. The predicted octanol–water partition coefficient (Wildman–Crippen LogP) is 1.17. The molecule has 1 aromatic heterocycles. The van der Waals surface area contributed by atoms with Crippen LogP contribution >= 0.6 is 0 Å². The molecule has 0 spiro atoms. The first-order valence-electron chi connectivity index (χ1n) is 4.73. The van der Waals surface area contributed by atoms with Crippen molar-refractivity contribution in [3.63, 3.8) is 0 Å². The molecule has 0 atom stereocenters. The third-order valence-corrected chi connectivity index (χ3v) is 2.25. The van der Waals surface area contributed by atoms with E-state index in [-0.39, 0.29) is 5.97 Å². The highest BCUT2D eigenvalue weighted by atomic mass is 16.5. The smallest absolute Gasteiger partial charge is 0.354 e. The summed E-state index contributed by atoms with van der Waals surface area (Å²) in [5.41, 5.74) is 7.82. The summed E-state index contributed by atoms with van der Waals surface area (Å²) >= 11 is 0. The van der Waals surface area contributed by atoms with Crippen LogP contribution in [0.25, 0.3) is 5.57 Å². The number of ether oxygens (including phenoxy) is 1. The Kier molecular flexibility index (Phi) is 3.68. The second kappa shape index (κ2) is 4.79. The van der Waals surface area contributed by atoms with Gasteiger partial charge in [0.15, 0.2) is 0 Å². The van der Waals surface area contributed by atoms with E-state index in [4.69, 9.17) is 5.73 Å². The van der Waals surface area contributed by atoms with E-state index in [0.29, 0.717) is 12.2 Å². The van der Waals surface area contributed by atoms with Crippen molar-refractivity contribution in [2.24, 2.45) is 12.8 Å². The van der Waals surface area contributed by atoms with Crippen molar-refractivity contribution in [2.45, 2.75) is 6.42 Å². The van der Waals surface area contributed by atoms with Gasteiger partial charge >= 0.3 is 5.97 Å². The molecule has 0 aliphatic heterocycles. The highest BCUT2D eigenvalue weighted by molar-refractivity contribution is 5.89. The van der Waals surface area contributed by atoms with Crippen LogP contribution in [0.15, 0.2) is 18.8 Å². The van der Waals surface area contributed by atoms with Crippen LogP contribution in [-0.2, 0) is 11.8 Å². The molecule has 0 aromatic carbocycles. The topological polar surface area (TPSA) is 57.3 Å². The SMILES string of the molecule is C=C(CCN)c1cc(C(=O)OC)n(C)c1. The first-order chi connectivity index (χ1) is 7.10. The lowest BCUT2D eigenvalue weighted by Crippen LogP contribution is -2.06. The van der Waals surface area contributed by atoms with E-state index in [1.807, 2.05) is 6.20 Å². The van der Waals surface area contributed by atoms with Crippen molar-refractivity contribution in [1.82, 2.24) is 4.57 Å². The van der Waals surface area contributed by atoms with Gasteiger partial charge in [-0.1, -0.05) is 6.58 Å². The maximum atomic E-state index is 11.3. The Bertz CT molecular complexity index is 380. The van der Waals surface area contributed by atoms with Gasteiger partial charge < -0.3 is 15.0 Å². The van der Waals surface area contributed by atoms with Gasteiger partial charge in [0.2, 0.25) is 0 Å². The minimum absolute atomic E-state index is 0.343. The monoisotopic (exact) mass is 208 g/mol. The fourth-order valence-electron chi connectivity index (χ4n) is 1.38. The zero-order valence-electron chi connectivity index (χ0n) is 9.12. The van der Waals surface area contributed by atoms with Gasteiger partial charge in [0.1, 0.15) is 5.69 Å². The Balaban J connectivity index is 2.95. The second-order valence-electron chi connectivity index (χ2n) is 3.36. The van der Waals surface area contributed by atoms with Crippen LogP contribution in [0.1, 0.15) is 22.5 Å². The molecule has 0 aliphatic carbocycles. The summed E-state index contributed by atoms with van der Waals surface area (Å²) in [6.07, 6.45) is 2.58. The van der Waals surface area contributed by atoms with E-state index in [1.165, 1.54) is 7.11 Å². The quantitative estimate of drug-likeness (QED) is 0.756. The molecule has 1 rings (SSSR count). The van der Waals surface area contributed by atoms with Gasteiger partial charge in [-0.05, 0) is 30.2 Å². The van der Waals surface area contributed by atoms with Crippen LogP contribution in [0, 0.1) is 0 Å². The van der Waals surface area contributed by atoms with E-state index in [1.54, 1.807) is 17.7 Å². The minimum atomic E-state index is -0.343. The summed E-state index contributed by atoms with van der Waals surface area (Å²) in [7, 11) is 3.16. The lowest BCUT2D eigenvalue weighted by molar-refractivity contribution is 0.0590. The van der Waals surface area contributed by atoms with Crippen molar-refractivity contribution in [2.75, 3.05) is 13.7 Å². The van der Waals surface area contributed by atoms with Crippen molar-refractivity contribution in [1.29, 1.82) is 0 Å². The van der Waals surface area contributed by atoms with Gasteiger partial charge in [-0.2, -0.15) is 0 Å². The van der Waals surface area contributed by atoms with Crippen molar-refractivity contribution >= 4 is 11.5 Å². The fourth-order valence-corrected chi connectivity index (χ4v) is 1.38. The Hall–Kier alpha value is -1.55. The molecule has 1 heterocycles. The number of hydrogen-bond acceptors (Lipinski definition) is 3. The highest BCUT2D eigenvalue weighted by Gasteiger charge is 2.12. The molecule has 0 fully saturated rings. The van der Waals surface area contributed by atoms with Gasteiger partial charge in [-0.25, -0.2) is 4.79 Å². The molecule has 4 heteroatoms. The van der Waals surface area contributed by atoms with Gasteiger partial charge in [0.25, 0.3) is 0 Å². The number of nitrogens with zero attached hydrogens (tertiary/aromatic N) is 1. The van der Waals surface area contributed by atoms with Gasteiger partial charge in [-0.15, -0.1) is 0 Å². The summed E-state index contributed by atoms with van der Waals surface area (Å²) in [6, 6.07) is 1.77. The Morgan fingerprint density at radius 1 is 1.67 bits per heavy atom. The van der Waals surface area contributed by atoms with Crippen LogP contribution in [-0.4, -0.2) is 24.2 Å². The number of carbonyl (C=O) groups is 1. The number of nitrogens with two attached hydrogens (primary N) is 1. The molecule has 0 saturated heterocycles. The zero-order valence-corrected chi connectivity index (χ0v) is 9.12. The molecule has 4 nitrogen and oxygen atoms in total. The molecule has 2 N–H and O–H groups in total. The average molecular weight is 208 g/mol. The van der Waals surface area contributed by atoms with E-state index in [0.717, 1.165) is 17.6 Å². The van der Waals surface area contributed by atoms with E-state index in [2.05, 4.69) is 11.3 Å². The molecule has 0 bridgehead atoms. The normalized spacial score (nSPS) is 10.1. The number of aryl methyl sites for hydroxylation is 1. The maximum absolute atomic E-state index is 11.3. The highest BCUT2D eigenvalue weighted by Crippen LogP contribution is 2.18. The van der Waals surface area contributed by atoms with Crippen molar-refractivity contribution < 1.29 is 9.53 Å². The number of methoxy groups -OCH3 is 1. The Morgan fingerprint density at radius 2 is 2.33 bits per heavy atom. The lowest BCUT2D eigenvalue weighted by atomic mass is 10.1. The van der Waals surface area contributed by atoms with Crippen LogP contribution in [0.3, 0.4) is 0 Å². The third kappa shape index (κ3) is 2.47. The maximum Gasteiger partial charge on any atom is 0.354 e. The molecular weight excluding hydrogens is 192 g/mol. The van der Waals surface area contributed by atoms with Crippen molar-refractivity contribution in [3.8, 4) is 0 Å². The number of carbonyl (C=O) groups excluding carboxylic acids is 1. The van der Waals surface area contributed by atoms with E-state index >= 15 is 0 Å². The van der Waals surface area contributed by atoms with Gasteiger partial charge in [-0.3, -0.25) is 0 Å². The summed E-state index contributed by atoms with van der Waals surface area (Å²) in [6.45, 7) is 4.47. The van der Waals surface area contributed by atoms with Crippen molar-refractivity contribution in [3.05, 3.63) is 30.1 Å². The van der Waals surface area contributed by atoms with Crippen LogP contribution in [0.2, 0.25) is 0 Å². The predicted molar refractivity (Wildman–Crippen MR) is 59.5 cm³/mol. The zero-order chi connectivity index (χ0) is 11.4. The summed E-state index contributed by atoms with van der Waals surface area (Å²) in [4.78, 5) is 11.3. The molecule has 15 heavy (non-hydrogen) atoms. The molecule has 0 unspecified atom stereocenters. The molecule has 0 saturated carbocycles. The van der Waals surface area contributed by atoms with Crippen LogP contribution in [0.4, 0.5) is 0 Å². The summed E-state index contributed by atoms with van der Waals surface area (Å²) < 4.78 is 6.38. The molecule has 82 valence electrons. The van der Waals surface area contributed by atoms with Gasteiger partial charge in [0, 0.05) is 13.2 Å². The minimum Gasteiger partial charge on any atom is -0.464 e. The lowest BCUT2D eigenvalue weighted by Gasteiger charge is -1.98. The Morgan fingerprint density at radius 3 is 2.87 bits per heavy atom. The molecule has 1 aromatic rings. The first kappa shape index (κ1) is 11.5. The molecule has 0 aliphatic rings. The number of rotatable bonds is 4. The fraction of sp³-hybridized carbons (Fsp3) is 0.364. The summed E-state index contributed by atoms with van der Waals surface area (Å²) in [5, 5.41) is 0. The van der Waals surface area contributed by atoms with Crippen LogP contribution in [0.5, 0.6) is 0 Å². The number of esters is 1. The van der Waals surface area contributed by atoms with Gasteiger partial charge in [0.05, 0.1) is 7.11 Å². The average Bonchev–Trinajstić information content (AvgIpc) is 2.60. The second-order valence-corrected chi connectivity index (χ2v) is 3.36. The standard InChI is InChI=1S/C11H16N2O2/c1-8(4-5-12)9-6-10(11(14)15-3)13(2)7-9/h6-7H,1,4-5,12H2,2-3H3. The molecule has 0 radical (unpaired) electrons. The van der Waals surface area contributed by atoms with E-state index in [9.17, 15) is 4.79 Å². The largest absolute Gasteiger partial charge is 0.464 e. The molecule has 0 amide bonds. The summed E-state index contributed by atoms with van der Waals surface area (Å²) in [5.74, 6) is -0.343. The van der Waals surface area contributed by atoms with Crippen LogP contribution < -0.4 is 5.73 Å².